The van der Waals surface area contributed by atoms with Crippen molar-refractivity contribution in [1.29, 1.82) is 0 Å². The summed E-state index contributed by atoms with van der Waals surface area (Å²) in [4.78, 5) is 0. The molecule has 3 heteroatoms. The van der Waals surface area contributed by atoms with Crippen molar-refractivity contribution in [2.75, 3.05) is 13.1 Å². The molecule has 1 aliphatic carbocycles. The summed E-state index contributed by atoms with van der Waals surface area (Å²) in [6.07, 6.45) is 6.01. The molecule has 0 amide bonds. The largest absolute Gasteiger partial charge is 0.316 e. The highest BCUT2D eigenvalue weighted by atomic mass is 15.3. The Balaban J connectivity index is 2.12. The van der Waals surface area contributed by atoms with Crippen LogP contribution in [0.2, 0.25) is 0 Å². The maximum atomic E-state index is 4.71. The Morgan fingerprint density at radius 3 is 3.20 bits per heavy atom. The van der Waals surface area contributed by atoms with Crippen LogP contribution in [0.25, 0.3) is 0 Å². The van der Waals surface area contributed by atoms with Crippen LogP contribution < -0.4 is 5.32 Å². The van der Waals surface area contributed by atoms with Crippen molar-refractivity contribution in [3.63, 3.8) is 0 Å². The molecule has 1 spiro atoms. The first-order valence-electron chi connectivity index (χ1n) is 5.96. The van der Waals surface area contributed by atoms with Crippen LogP contribution in [-0.4, -0.2) is 22.9 Å². The van der Waals surface area contributed by atoms with Crippen LogP contribution in [0.5, 0.6) is 0 Å². The quantitative estimate of drug-likeness (QED) is 0.690. The standard InChI is InChI=1S/C12H19N3/c1-9-3-4-10-7-15(2)14-11(10)12(9)5-6-13-8-12/h7,9,13H,3-6,8H2,1-2H3. The average Bonchev–Trinajstić information content (AvgIpc) is 2.80. The molecule has 15 heavy (non-hydrogen) atoms. The zero-order valence-corrected chi connectivity index (χ0v) is 9.58. The van der Waals surface area contributed by atoms with Crippen molar-refractivity contribution in [3.8, 4) is 0 Å². The van der Waals surface area contributed by atoms with E-state index < -0.39 is 0 Å². The molecule has 0 radical (unpaired) electrons. The smallest absolute Gasteiger partial charge is 0.0733 e. The van der Waals surface area contributed by atoms with Crippen LogP contribution in [-0.2, 0) is 18.9 Å². The molecular formula is C12H19N3. The third-order valence-corrected chi connectivity index (χ3v) is 4.35. The monoisotopic (exact) mass is 205 g/mol. The average molecular weight is 205 g/mol. The fourth-order valence-electron chi connectivity index (χ4n) is 3.36. The maximum absolute atomic E-state index is 4.71. The molecule has 3 nitrogen and oxygen atoms in total. The van der Waals surface area contributed by atoms with E-state index in [2.05, 4.69) is 18.4 Å². The van der Waals surface area contributed by atoms with Crippen molar-refractivity contribution in [2.24, 2.45) is 13.0 Å². The van der Waals surface area contributed by atoms with Crippen molar-refractivity contribution in [2.45, 2.75) is 31.6 Å². The molecule has 2 unspecified atom stereocenters. The zero-order valence-electron chi connectivity index (χ0n) is 9.58. The summed E-state index contributed by atoms with van der Waals surface area (Å²) in [5, 5.41) is 8.23. The molecule has 1 aromatic heterocycles. The molecule has 2 heterocycles. The second-order valence-corrected chi connectivity index (χ2v) is 5.20. The number of fused-ring (bicyclic) bond motifs is 2. The van der Waals surface area contributed by atoms with Crippen molar-refractivity contribution < 1.29 is 0 Å². The molecule has 82 valence electrons. The number of aryl methyl sites for hydroxylation is 2. The Bertz CT molecular complexity index is 374. The van der Waals surface area contributed by atoms with Crippen molar-refractivity contribution in [1.82, 2.24) is 15.1 Å². The lowest BCUT2D eigenvalue weighted by Crippen LogP contribution is -2.40. The maximum Gasteiger partial charge on any atom is 0.0733 e. The van der Waals surface area contributed by atoms with E-state index in [1.807, 2.05) is 11.7 Å². The van der Waals surface area contributed by atoms with E-state index in [0.29, 0.717) is 5.41 Å². The normalized spacial score (nSPS) is 34.7. The Morgan fingerprint density at radius 1 is 1.60 bits per heavy atom. The third kappa shape index (κ3) is 1.19. The molecule has 1 aliphatic heterocycles. The molecule has 1 fully saturated rings. The highest BCUT2D eigenvalue weighted by Gasteiger charge is 2.46. The van der Waals surface area contributed by atoms with Crippen LogP contribution in [0.15, 0.2) is 6.20 Å². The van der Waals surface area contributed by atoms with Gasteiger partial charge in [-0.2, -0.15) is 5.10 Å². The number of aromatic nitrogens is 2. The molecule has 1 N–H and O–H groups in total. The summed E-state index contributed by atoms with van der Waals surface area (Å²) >= 11 is 0. The summed E-state index contributed by atoms with van der Waals surface area (Å²) in [5.41, 5.74) is 3.21. The Labute approximate surface area is 90.9 Å². The van der Waals surface area contributed by atoms with Gasteiger partial charge in [-0.3, -0.25) is 4.68 Å². The summed E-state index contributed by atoms with van der Waals surface area (Å²) in [5.74, 6) is 0.773. The first-order valence-corrected chi connectivity index (χ1v) is 5.96. The molecular weight excluding hydrogens is 186 g/mol. The van der Waals surface area contributed by atoms with Gasteiger partial charge in [0.25, 0.3) is 0 Å². The van der Waals surface area contributed by atoms with Crippen molar-refractivity contribution in [3.05, 3.63) is 17.5 Å². The number of nitrogens with zero attached hydrogens (tertiary/aromatic N) is 2. The van der Waals surface area contributed by atoms with Gasteiger partial charge in [0.05, 0.1) is 5.69 Å². The predicted octanol–water partition coefficient (Wildman–Crippen LogP) is 1.23. The van der Waals surface area contributed by atoms with Gasteiger partial charge >= 0.3 is 0 Å². The van der Waals surface area contributed by atoms with Crippen LogP contribution in [0, 0.1) is 5.92 Å². The van der Waals surface area contributed by atoms with E-state index in [-0.39, 0.29) is 0 Å². The lowest BCUT2D eigenvalue weighted by molar-refractivity contribution is 0.267. The molecule has 0 saturated carbocycles. The van der Waals surface area contributed by atoms with Crippen LogP contribution in [0.3, 0.4) is 0 Å². The van der Waals surface area contributed by atoms with Gasteiger partial charge in [-0.15, -0.1) is 0 Å². The summed E-state index contributed by atoms with van der Waals surface area (Å²) in [7, 11) is 2.04. The molecule has 0 aromatic carbocycles. The number of hydrogen-bond acceptors (Lipinski definition) is 2. The first kappa shape index (κ1) is 9.40. The lowest BCUT2D eigenvalue weighted by atomic mass is 9.66. The van der Waals surface area contributed by atoms with Crippen molar-refractivity contribution >= 4 is 0 Å². The predicted molar refractivity (Wildman–Crippen MR) is 59.9 cm³/mol. The second-order valence-electron chi connectivity index (χ2n) is 5.20. The van der Waals surface area contributed by atoms with E-state index in [9.17, 15) is 0 Å². The minimum atomic E-state index is 0.342. The Hall–Kier alpha value is -0.830. The van der Waals surface area contributed by atoms with E-state index in [1.54, 1.807) is 0 Å². The Morgan fingerprint density at radius 2 is 2.47 bits per heavy atom. The molecule has 2 atom stereocenters. The second kappa shape index (κ2) is 3.08. The van der Waals surface area contributed by atoms with E-state index >= 15 is 0 Å². The van der Waals surface area contributed by atoms with Gasteiger partial charge in [0.2, 0.25) is 0 Å². The minimum Gasteiger partial charge on any atom is -0.316 e. The van der Waals surface area contributed by atoms with Gasteiger partial charge in [0, 0.05) is 25.2 Å². The topological polar surface area (TPSA) is 29.9 Å². The minimum absolute atomic E-state index is 0.342. The number of nitrogens with one attached hydrogen (secondary N) is 1. The van der Waals surface area contributed by atoms with Crippen LogP contribution in [0.4, 0.5) is 0 Å². The zero-order chi connectivity index (χ0) is 10.5. The lowest BCUT2D eigenvalue weighted by Gasteiger charge is -2.37. The molecule has 1 aromatic rings. The van der Waals surface area contributed by atoms with Gasteiger partial charge in [0.15, 0.2) is 0 Å². The molecule has 1 saturated heterocycles. The Kier molecular flexibility index (Phi) is 1.93. The van der Waals surface area contributed by atoms with Gasteiger partial charge in [0.1, 0.15) is 0 Å². The van der Waals surface area contributed by atoms with Crippen LogP contribution in [0.1, 0.15) is 31.0 Å². The molecule has 3 rings (SSSR count). The number of rotatable bonds is 0. The highest BCUT2D eigenvalue weighted by molar-refractivity contribution is 5.32. The van der Waals surface area contributed by atoms with E-state index in [4.69, 9.17) is 5.10 Å². The highest BCUT2D eigenvalue weighted by Crippen LogP contribution is 2.44. The van der Waals surface area contributed by atoms with Gasteiger partial charge in [-0.25, -0.2) is 0 Å². The SMILES string of the molecule is CC1CCc2cn(C)nc2C12CCNC2. The number of hydrogen-bond donors (Lipinski definition) is 1. The molecule has 0 bridgehead atoms. The summed E-state index contributed by atoms with van der Waals surface area (Å²) < 4.78 is 1.99. The third-order valence-electron chi connectivity index (χ3n) is 4.35. The van der Waals surface area contributed by atoms with Gasteiger partial charge < -0.3 is 5.32 Å². The van der Waals surface area contributed by atoms with E-state index in [0.717, 1.165) is 19.0 Å². The molecule has 2 aliphatic rings. The van der Waals surface area contributed by atoms with E-state index in [1.165, 1.54) is 30.5 Å². The first-order chi connectivity index (χ1) is 7.22. The van der Waals surface area contributed by atoms with Gasteiger partial charge in [-0.1, -0.05) is 6.92 Å². The van der Waals surface area contributed by atoms with Crippen LogP contribution >= 0.6 is 0 Å². The fraction of sp³-hybridized carbons (Fsp3) is 0.750. The fourth-order valence-corrected chi connectivity index (χ4v) is 3.36. The van der Waals surface area contributed by atoms with Gasteiger partial charge in [-0.05, 0) is 37.3 Å². The summed E-state index contributed by atoms with van der Waals surface area (Å²) in [6, 6.07) is 0. The summed E-state index contributed by atoms with van der Waals surface area (Å²) in [6.45, 7) is 4.67.